The second-order valence-corrected chi connectivity index (χ2v) is 8.61. The monoisotopic (exact) mass is 380 g/mol. The molecule has 0 aromatic rings. The number of nitrogens with one attached hydrogen (secondary N) is 1. The van der Waals surface area contributed by atoms with Crippen molar-refractivity contribution in [3.05, 3.63) is 0 Å². The molecule has 6 heteroatoms. The van der Waals surface area contributed by atoms with Crippen molar-refractivity contribution >= 4 is 5.96 Å². The number of hydrogen-bond acceptors (Lipinski definition) is 4. The van der Waals surface area contributed by atoms with Gasteiger partial charge in [0.15, 0.2) is 5.96 Å². The molecule has 2 unspecified atom stereocenters. The first-order valence-corrected chi connectivity index (χ1v) is 11.1. The summed E-state index contributed by atoms with van der Waals surface area (Å²) in [6.07, 6.45) is 8.21. The lowest BCUT2D eigenvalue weighted by molar-refractivity contribution is -0.0177. The molecule has 0 aromatic heterocycles. The van der Waals surface area contributed by atoms with Crippen LogP contribution in [0.25, 0.3) is 0 Å². The van der Waals surface area contributed by atoms with Crippen LogP contribution in [0.3, 0.4) is 0 Å². The van der Waals surface area contributed by atoms with Crippen LogP contribution in [-0.2, 0) is 9.47 Å². The molecular formula is C21H40N4O2. The predicted molar refractivity (Wildman–Crippen MR) is 110 cm³/mol. The average molecular weight is 381 g/mol. The van der Waals surface area contributed by atoms with Gasteiger partial charge in [0.05, 0.1) is 19.3 Å². The van der Waals surface area contributed by atoms with Crippen molar-refractivity contribution in [2.24, 2.45) is 10.9 Å². The standard InChI is InChI=1S/C21H40N4O2/c1-17(25-12-13-26-15-18(25)2)14-23-21(22-3)24-10-8-20(9-11-24)27-16-19-6-4-5-7-19/h17-20H,4-16H2,1-3H3,(H,22,23). The van der Waals surface area contributed by atoms with Crippen LogP contribution in [0.15, 0.2) is 4.99 Å². The highest BCUT2D eigenvalue weighted by atomic mass is 16.5. The molecule has 2 heterocycles. The van der Waals surface area contributed by atoms with Gasteiger partial charge in [-0.15, -0.1) is 0 Å². The molecular weight excluding hydrogens is 340 g/mol. The Hall–Kier alpha value is -0.850. The molecule has 2 saturated heterocycles. The lowest BCUT2D eigenvalue weighted by Gasteiger charge is -2.39. The van der Waals surface area contributed by atoms with Gasteiger partial charge in [-0.05, 0) is 45.4 Å². The average Bonchev–Trinajstić information content (AvgIpc) is 3.21. The molecule has 156 valence electrons. The van der Waals surface area contributed by atoms with Crippen LogP contribution < -0.4 is 5.32 Å². The van der Waals surface area contributed by atoms with Crippen LogP contribution in [-0.4, -0.2) is 87.0 Å². The highest BCUT2D eigenvalue weighted by molar-refractivity contribution is 5.80. The van der Waals surface area contributed by atoms with Gasteiger partial charge in [0.2, 0.25) is 0 Å². The van der Waals surface area contributed by atoms with Crippen molar-refractivity contribution in [2.75, 3.05) is 53.0 Å². The van der Waals surface area contributed by atoms with Crippen molar-refractivity contribution < 1.29 is 9.47 Å². The van der Waals surface area contributed by atoms with Crippen LogP contribution in [0, 0.1) is 5.92 Å². The number of hydrogen-bond donors (Lipinski definition) is 1. The summed E-state index contributed by atoms with van der Waals surface area (Å²) in [5, 5.41) is 3.60. The fourth-order valence-corrected chi connectivity index (χ4v) is 4.77. The molecule has 0 amide bonds. The van der Waals surface area contributed by atoms with Crippen LogP contribution in [0.2, 0.25) is 0 Å². The van der Waals surface area contributed by atoms with E-state index in [2.05, 4.69) is 34.0 Å². The predicted octanol–water partition coefficient (Wildman–Crippen LogP) is 2.34. The maximum absolute atomic E-state index is 6.21. The Kier molecular flexibility index (Phi) is 8.22. The number of likely N-dealkylation sites (tertiary alicyclic amines) is 1. The highest BCUT2D eigenvalue weighted by Gasteiger charge is 2.26. The molecule has 0 aromatic carbocycles. The molecule has 3 fully saturated rings. The van der Waals surface area contributed by atoms with Crippen molar-refractivity contribution in [2.45, 2.75) is 70.6 Å². The number of aliphatic imine (C=N–C) groups is 1. The first-order chi connectivity index (χ1) is 13.2. The van der Waals surface area contributed by atoms with E-state index in [0.29, 0.717) is 18.2 Å². The third kappa shape index (κ3) is 6.06. The summed E-state index contributed by atoms with van der Waals surface area (Å²) in [6.45, 7) is 11.2. The summed E-state index contributed by atoms with van der Waals surface area (Å²) >= 11 is 0. The Morgan fingerprint density at radius 2 is 1.93 bits per heavy atom. The third-order valence-electron chi connectivity index (χ3n) is 6.54. The summed E-state index contributed by atoms with van der Waals surface area (Å²) in [6, 6.07) is 0.971. The molecule has 1 saturated carbocycles. The normalized spacial score (nSPS) is 27.9. The van der Waals surface area contributed by atoms with Gasteiger partial charge >= 0.3 is 0 Å². The van der Waals surface area contributed by atoms with Gasteiger partial charge in [-0.2, -0.15) is 0 Å². The van der Waals surface area contributed by atoms with Gasteiger partial charge in [-0.25, -0.2) is 0 Å². The van der Waals surface area contributed by atoms with Gasteiger partial charge < -0.3 is 19.7 Å². The molecule has 6 nitrogen and oxygen atoms in total. The minimum absolute atomic E-state index is 0.438. The van der Waals surface area contributed by atoms with E-state index < -0.39 is 0 Å². The summed E-state index contributed by atoms with van der Waals surface area (Å²) in [4.78, 5) is 9.46. The van der Waals surface area contributed by atoms with Gasteiger partial charge in [-0.1, -0.05) is 12.8 Å². The van der Waals surface area contributed by atoms with Crippen LogP contribution in [0.4, 0.5) is 0 Å². The zero-order chi connectivity index (χ0) is 19.1. The summed E-state index contributed by atoms with van der Waals surface area (Å²) in [5.41, 5.74) is 0. The Labute approximate surface area is 165 Å². The second-order valence-electron chi connectivity index (χ2n) is 8.61. The Balaban J connectivity index is 1.37. The minimum Gasteiger partial charge on any atom is -0.379 e. The van der Waals surface area contributed by atoms with E-state index in [1.54, 1.807) is 0 Å². The van der Waals surface area contributed by atoms with E-state index in [0.717, 1.165) is 70.7 Å². The van der Waals surface area contributed by atoms with Crippen LogP contribution in [0.5, 0.6) is 0 Å². The largest absolute Gasteiger partial charge is 0.379 e. The number of piperidine rings is 1. The minimum atomic E-state index is 0.438. The van der Waals surface area contributed by atoms with Gasteiger partial charge in [0.1, 0.15) is 0 Å². The lowest BCUT2D eigenvalue weighted by atomic mass is 10.1. The molecule has 1 N–H and O–H groups in total. The summed E-state index contributed by atoms with van der Waals surface area (Å²) in [7, 11) is 1.90. The van der Waals surface area contributed by atoms with Gasteiger partial charge in [0, 0.05) is 51.9 Å². The van der Waals surface area contributed by atoms with Crippen molar-refractivity contribution in [1.82, 2.24) is 15.1 Å². The highest BCUT2D eigenvalue weighted by Crippen LogP contribution is 2.26. The Morgan fingerprint density at radius 3 is 2.59 bits per heavy atom. The lowest BCUT2D eigenvalue weighted by Crippen LogP contribution is -2.54. The maximum atomic E-state index is 6.21. The first-order valence-electron chi connectivity index (χ1n) is 11.1. The van der Waals surface area contributed by atoms with E-state index in [9.17, 15) is 0 Å². The van der Waals surface area contributed by atoms with E-state index in [1.807, 2.05) is 7.05 Å². The second kappa shape index (κ2) is 10.6. The molecule has 1 aliphatic carbocycles. The zero-order valence-electron chi connectivity index (χ0n) is 17.7. The van der Waals surface area contributed by atoms with Gasteiger partial charge in [-0.3, -0.25) is 9.89 Å². The number of rotatable bonds is 6. The molecule has 0 bridgehead atoms. The molecule has 27 heavy (non-hydrogen) atoms. The van der Waals surface area contributed by atoms with Gasteiger partial charge in [0.25, 0.3) is 0 Å². The number of nitrogens with zero attached hydrogens (tertiary/aromatic N) is 3. The number of ether oxygens (including phenoxy) is 2. The van der Waals surface area contributed by atoms with E-state index in [1.165, 1.54) is 25.7 Å². The summed E-state index contributed by atoms with van der Waals surface area (Å²) in [5.74, 6) is 1.86. The first kappa shape index (κ1) is 20.9. The summed E-state index contributed by atoms with van der Waals surface area (Å²) < 4.78 is 11.8. The Bertz CT molecular complexity index is 459. The number of guanidine groups is 1. The van der Waals surface area contributed by atoms with Crippen LogP contribution in [0.1, 0.15) is 52.4 Å². The van der Waals surface area contributed by atoms with E-state index >= 15 is 0 Å². The molecule has 2 aliphatic heterocycles. The zero-order valence-corrected chi connectivity index (χ0v) is 17.7. The maximum Gasteiger partial charge on any atom is 0.193 e. The Morgan fingerprint density at radius 1 is 1.19 bits per heavy atom. The number of morpholine rings is 1. The van der Waals surface area contributed by atoms with Crippen molar-refractivity contribution in [3.8, 4) is 0 Å². The smallest absolute Gasteiger partial charge is 0.193 e. The quantitative estimate of drug-likeness (QED) is 0.566. The molecule has 0 spiro atoms. The van der Waals surface area contributed by atoms with E-state index in [-0.39, 0.29) is 0 Å². The third-order valence-corrected chi connectivity index (χ3v) is 6.54. The fraction of sp³-hybridized carbons (Fsp3) is 0.952. The van der Waals surface area contributed by atoms with Crippen molar-refractivity contribution in [1.29, 1.82) is 0 Å². The molecule has 3 rings (SSSR count). The molecule has 3 aliphatic rings. The molecule has 2 atom stereocenters. The topological polar surface area (TPSA) is 49.3 Å². The SMILES string of the molecule is CN=C(NCC(C)N1CCOCC1C)N1CCC(OCC2CCCC2)CC1. The molecule has 0 radical (unpaired) electrons. The van der Waals surface area contributed by atoms with E-state index in [4.69, 9.17) is 9.47 Å². The fourth-order valence-electron chi connectivity index (χ4n) is 4.77. The van der Waals surface area contributed by atoms with Crippen molar-refractivity contribution in [3.63, 3.8) is 0 Å². The van der Waals surface area contributed by atoms with Crippen LogP contribution >= 0.6 is 0 Å².